The number of nitrogens with zero attached hydrogens (tertiary/aromatic N) is 1. The van der Waals surface area contributed by atoms with E-state index in [-0.39, 0.29) is 18.0 Å². The molecule has 0 saturated carbocycles. The highest BCUT2D eigenvalue weighted by molar-refractivity contribution is 6.33. The van der Waals surface area contributed by atoms with Crippen LogP contribution in [0.4, 0.5) is 5.69 Å². The zero-order chi connectivity index (χ0) is 22.0. The Bertz CT molecular complexity index is 942. The Balaban J connectivity index is 1.43. The molecule has 2 aromatic carbocycles. The molecule has 0 amide bonds. The Morgan fingerprint density at radius 3 is 2.65 bits per heavy atom. The van der Waals surface area contributed by atoms with Crippen molar-refractivity contribution in [1.29, 1.82) is 0 Å². The van der Waals surface area contributed by atoms with E-state index in [0.29, 0.717) is 16.5 Å². The number of hydrogen-bond donors (Lipinski definition) is 2. The minimum Gasteiger partial charge on any atom is -0.497 e. The number of benzene rings is 2. The predicted octanol–water partition coefficient (Wildman–Crippen LogP) is 3.88. The molecule has 1 saturated heterocycles. The molecule has 7 nitrogen and oxygen atoms in total. The monoisotopic (exact) mass is 446 g/mol. The minimum atomic E-state index is -0.957. The largest absolute Gasteiger partial charge is 0.497 e. The molecule has 166 valence electrons. The number of fused-ring (bicyclic) bond motifs is 1. The van der Waals surface area contributed by atoms with Crippen LogP contribution in [0, 0.1) is 5.92 Å². The number of nitrogen functional groups attached to an aromatic ring is 1. The number of likely N-dealkylation sites (tertiary alicyclic amines) is 1. The van der Waals surface area contributed by atoms with Gasteiger partial charge in [-0.05, 0) is 67.6 Å². The zero-order valence-corrected chi connectivity index (χ0v) is 18.2. The van der Waals surface area contributed by atoms with Crippen LogP contribution in [0.15, 0.2) is 30.3 Å². The fraction of sp³-hybridized carbons (Fsp3) is 0.435. The Morgan fingerprint density at radius 2 is 2.00 bits per heavy atom. The fourth-order valence-corrected chi connectivity index (χ4v) is 4.65. The number of carboxylic acid groups (broad SMARTS) is 1. The van der Waals surface area contributed by atoms with E-state index in [1.54, 1.807) is 13.2 Å². The maximum atomic E-state index is 11.8. The lowest BCUT2D eigenvalue weighted by molar-refractivity contribution is -0.222. The third kappa shape index (κ3) is 4.74. The van der Waals surface area contributed by atoms with Gasteiger partial charge in [0.2, 0.25) is 0 Å². The van der Waals surface area contributed by atoms with E-state index in [1.165, 1.54) is 5.56 Å². The first-order valence-electron chi connectivity index (χ1n) is 10.4. The molecular weight excluding hydrogens is 420 g/mol. The molecule has 2 aliphatic heterocycles. The maximum Gasteiger partial charge on any atom is 0.313 e. The highest BCUT2D eigenvalue weighted by Crippen LogP contribution is 2.44. The molecule has 3 N–H and O–H groups in total. The standard InChI is InChI=1S/C23H27ClN2O5/c1-29-17-4-2-15(3-5-17)12-26-8-6-14(7-9-26)10-16-11-19(24)21(25)22-20(16)18(23(27)28)13-30-31-22/h2-5,11,14,18H,6-10,12-13,25H2,1H3,(H,27,28). The Morgan fingerprint density at radius 1 is 1.29 bits per heavy atom. The SMILES string of the molecule is COc1ccc(CN2CCC(Cc3cc(Cl)c(N)c4c3C(C(=O)O)COO4)CC2)cc1. The number of carboxylic acids is 1. The van der Waals surface area contributed by atoms with Crippen molar-refractivity contribution in [3.63, 3.8) is 0 Å². The van der Waals surface area contributed by atoms with Gasteiger partial charge < -0.3 is 20.5 Å². The van der Waals surface area contributed by atoms with Crippen molar-refractivity contribution < 1.29 is 24.4 Å². The van der Waals surface area contributed by atoms with Crippen molar-refractivity contribution in [2.45, 2.75) is 31.7 Å². The third-order valence-electron chi connectivity index (χ3n) is 6.20. The van der Waals surface area contributed by atoms with Crippen LogP contribution in [0.3, 0.4) is 0 Å². The van der Waals surface area contributed by atoms with Gasteiger partial charge in [-0.1, -0.05) is 23.7 Å². The van der Waals surface area contributed by atoms with Crippen molar-refractivity contribution in [2.75, 3.05) is 32.5 Å². The number of nitrogens with two attached hydrogens (primary N) is 1. The van der Waals surface area contributed by atoms with Crippen molar-refractivity contribution >= 4 is 23.3 Å². The van der Waals surface area contributed by atoms with E-state index in [9.17, 15) is 9.90 Å². The third-order valence-corrected chi connectivity index (χ3v) is 6.51. The summed E-state index contributed by atoms with van der Waals surface area (Å²) in [4.78, 5) is 24.5. The van der Waals surface area contributed by atoms with Crippen LogP contribution >= 0.6 is 11.6 Å². The highest BCUT2D eigenvalue weighted by Gasteiger charge is 2.35. The smallest absolute Gasteiger partial charge is 0.313 e. The summed E-state index contributed by atoms with van der Waals surface area (Å²) in [5.41, 5.74) is 9.01. The van der Waals surface area contributed by atoms with E-state index in [2.05, 4.69) is 17.0 Å². The molecule has 0 spiro atoms. The van der Waals surface area contributed by atoms with Gasteiger partial charge in [0, 0.05) is 12.1 Å². The van der Waals surface area contributed by atoms with Gasteiger partial charge in [0.05, 0.1) is 17.8 Å². The van der Waals surface area contributed by atoms with Gasteiger partial charge in [-0.25, -0.2) is 0 Å². The van der Waals surface area contributed by atoms with Gasteiger partial charge in [0.15, 0.2) is 5.75 Å². The van der Waals surface area contributed by atoms with Crippen LogP contribution in [0.1, 0.15) is 35.4 Å². The number of ether oxygens (including phenoxy) is 1. The fourth-order valence-electron chi connectivity index (χ4n) is 4.44. The first-order valence-corrected chi connectivity index (χ1v) is 10.8. The first-order chi connectivity index (χ1) is 15.0. The second-order valence-electron chi connectivity index (χ2n) is 8.20. The summed E-state index contributed by atoms with van der Waals surface area (Å²) in [7, 11) is 1.67. The van der Waals surface area contributed by atoms with E-state index in [4.69, 9.17) is 31.8 Å². The second-order valence-corrected chi connectivity index (χ2v) is 8.61. The molecule has 0 radical (unpaired) electrons. The van der Waals surface area contributed by atoms with Gasteiger partial charge >= 0.3 is 5.97 Å². The first kappa shape index (κ1) is 21.7. The number of anilines is 1. The molecule has 0 bridgehead atoms. The summed E-state index contributed by atoms with van der Waals surface area (Å²) in [5, 5.41) is 10.0. The molecule has 1 atom stereocenters. The summed E-state index contributed by atoms with van der Waals surface area (Å²) >= 11 is 6.31. The van der Waals surface area contributed by atoms with Crippen molar-refractivity contribution in [2.24, 2.45) is 5.92 Å². The molecule has 2 aliphatic rings. The average Bonchev–Trinajstić information content (AvgIpc) is 2.78. The maximum absolute atomic E-state index is 11.8. The van der Waals surface area contributed by atoms with Crippen molar-refractivity contribution in [3.05, 3.63) is 52.0 Å². The van der Waals surface area contributed by atoms with Crippen LogP contribution in [-0.4, -0.2) is 42.8 Å². The number of methoxy groups -OCH3 is 1. The molecule has 8 heteroatoms. The molecule has 1 unspecified atom stereocenters. The number of aliphatic carboxylic acids is 1. The van der Waals surface area contributed by atoms with E-state index < -0.39 is 11.9 Å². The van der Waals surface area contributed by atoms with Crippen LogP contribution < -0.4 is 15.4 Å². The van der Waals surface area contributed by atoms with Crippen LogP contribution in [-0.2, 0) is 22.6 Å². The van der Waals surface area contributed by atoms with Crippen LogP contribution in [0.2, 0.25) is 5.02 Å². The van der Waals surface area contributed by atoms with Gasteiger partial charge in [0.1, 0.15) is 18.3 Å². The van der Waals surface area contributed by atoms with E-state index in [0.717, 1.165) is 50.2 Å². The van der Waals surface area contributed by atoms with Crippen LogP contribution in [0.5, 0.6) is 11.5 Å². The molecule has 31 heavy (non-hydrogen) atoms. The predicted molar refractivity (Wildman–Crippen MR) is 118 cm³/mol. The molecule has 1 fully saturated rings. The molecule has 0 aromatic heterocycles. The highest BCUT2D eigenvalue weighted by atomic mass is 35.5. The number of halogens is 1. The number of carbonyl (C=O) groups is 1. The Kier molecular flexibility index (Phi) is 6.55. The summed E-state index contributed by atoms with van der Waals surface area (Å²) in [5.74, 6) is -0.219. The van der Waals surface area contributed by atoms with Gasteiger partial charge in [-0.2, -0.15) is 4.89 Å². The molecule has 2 aromatic rings. The summed E-state index contributed by atoms with van der Waals surface area (Å²) in [6.07, 6.45) is 2.80. The second kappa shape index (κ2) is 9.34. The topological polar surface area (TPSA) is 94.3 Å². The number of rotatable bonds is 6. The van der Waals surface area contributed by atoms with Gasteiger partial charge in [0.25, 0.3) is 0 Å². The quantitative estimate of drug-likeness (QED) is 0.513. The lowest BCUT2D eigenvalue weighted by atomic mass is 9.84. The summed E-state index contributed by atoms with van der Waals surface area (Å²) in [6.45, 7) is 2.84. The minimum absolute atomic E-state index is 0.0449. The summed E-state index contributed by atoms with van der Waals surface area (Å²) < 4.78 is 5.22. The Hall–Kier alpha value is -2.48. The van der Waals surface area contributed by atoms with E-state index >= 15 is 0 Å². The molecule has 0 aliphatic carbocycles. The van der Waals surface area contributed by atoms with Crippen molar-refractivity contribution in [3.8, 4) is 11.5 Å². The van der Waals surface area contributed by atoms with E-state index in [1.807, 2.05) is 12.1 Å². The van der Waals surface area contributed by atoms with Crippen molar-refractivity contribution in [1.82, 2.24) is 4.90 Å². The zero-order valence-electron chi connectivity index (χ0n) is 17.5. The van der Waals surface area contributed by atoms with Gasteiger partial charge in [-0.3, -0.25) is 9.69 Å². The van der Waals surface area contributed by atoms with Crippen LogP contribution in [0.25, 0.3) is 0 Å². The number of hydrogen-bond acceptors (Lipinski definition) is 6. The molecular formula is C23H27ClN2O5. The normalized spacial score (nSPS) is 19.5. The summed E-state index contributed by atoms with van der Waals surface area (Å²) in [6, 6.07) is 9.97. The lowest BCUT2D eigenvalue weighted by Gasteiger charge is -2.33. The molecule has 4 rings (SSSR count). The molecule has 2 heterocycles. The lowest BCUT2D eigenvalue weighted by Crippen LogP contribution is -2.34. The number of piperidine rings is 1. The average molecular weight is 447 g/mol. The Labute approximate surface area is 186 Å². The van der Waals surface area contributed by atoms with Gasteiger partial charge in [-0.15, -0.1) is 0 Å².